The van der Waals surface area contributed by atoms with Crippen molar-refractivity contribution in [3.8, 4) is 0 Å². The van der Waals surface area contributed by atoms with Crippen molar-refractivity contribution < 1.29 is 24.6 Å². The molecule has 18 heavy (non-hydrogen) atoms. The Bertz CT molecular complexity index is 382. The number of nitrogens with zero attached hydrogens (tertiary/aromatic N) is 2. The largest absolute Gasteiger partial charge is 0.477 e. The lowest BCUT2D eigenvalue weighted by Gasteiger charge is -2.19. The number of rotatable bonds is 4. The molecule has 7 nitrogen and oxygen atoms in total. The molecule has 100 valence electrons. The second-order valence-electron chi connectivity index (χ2n) is 4.59. The lowest BCUT2D eigenvalue weighted by atomic mass is 10.1. The van der Waals surface area contributed by atoms with Crippen molar-refractivity contribution in [3.63, 3.8) is 0 Å². The maximum atomic E-state index is 12.0. The Morgan fingerprint density at radius 3 is 2.89 bits per heavy atom. The molecular weight excluding hydrogens is 240 g/mol. The first-order chi connectivity index (χ1) is 8.61. The quantitative estimate of drug-likeness (QED) is 0.703. The number of likely N-dealkylation sites (tertiary alicyclic amines) is 1. The van der Waals surface area contributed by atoms with Crippen LogP contribution in [0.4, 0.5) is 0 Å². The fourth-order valence-corrected chi connectivity index (χ4v) is 2.29. The summed E-state index contributed by atoms with van der Waals surface area (Å²) < 4.78 is 0. The number of aliphatic hydroxyl groups excluding tert-OH is 1. The van der Waals surface area contributed by atoms with Crippen LogP contribution in [-0.2, 0) is 14.4 Å². The van der Waals surface area contributed by atoms with Gasteiger partial charge >= 0.3 is 5.97 Å². The predicted molar refractivity (Wildman–Crippen MR) is 61.0 cm³/mol. The molecule has 2 heterocycles. The van der Waals surface area contributed by atoms with E-state index in [9.17, 15) is 9.59 Å². The minimum Gasteiger partial charge on any atom is -0.477 e. The zero-order valence-corrected chi connectivity index (χ0v) is 9.91. The fraction of sp³-hybridized carbons (Fsp3) is 0.727. The highest BCUT2D eigenvalue weighted by Crippen LogP contribution is 2.22. The molecule has 0 aliphatic carbocycles. The van der Waals surface area contributed by atoms with Crippen LogP contribution in [0.2, 0.25) is 0 Å². The summed E-state index contributed by atoms with van der Waals surface area (Å²) in [5.41, 5.74) is -0.112. The van der Waals surface area contributed by atoms with E-state index < -0.39 is 12.1 Å². The summed E-state index contributed by atoms with van der Waals surface area (Å²) in [5.74, 6) is -1.04. The van der Waals surface area contributed by atoms with Gasteiger partial charge in [0.1, 0.15) is 0 Å². The molecule has 0 aromatic rings. The van der Waals surface area contributed by atoms with E-state index in [-0.39, 0.29) is 24.6 Å². The van der Waals surface area contributed by atoms with Crippen molar-refractivity contribution in [3.05, 3.63) is 0 Å². The van der Waals surface area contributed by atoms with Crippen LogP contribution in [0.25, 0.3) is 0 Å². The minimum absolute atomic E-state index is 0.0231. The summed E-state index contributed by atoms with van der Waals surface area (Å²) in [7, 11) is 0. The van der Waals surface area contributed by atoms with Crippen molar-refractivity contribution in [2.75, 3.05) is 19.7 Å². The van der Waals surface area contributed by atoms with Gasteiger partial charge in [-0.05, 0) is 18.8 Å². The third-order valence-electron chi connectivity index (χ3n) is 3.33. The number of aliphatic carboxylic acids is 1. The van der Waals surface area contributed by atoms with Gasteiger partial charge in [0.2, 0.25) is 6.10 Å². The summed E-state index contributed by atoms with van der Waals surface area (Å²) in [6, 6.07) is 0. The molecule has 0 aromatic carbocycles. The molecular formula is C11H16N2O5. The molecule has 0 saturated carbocycles. The fourth-order valence-electron chi connectivity index (χ4n) is 2.29. The molecule has 2 unspecified atom stereocenters. The molecule has 2 rings (SSSR count). The third kappa shape index (κ3) is 2.61. The highest BCUT2D eigenvalue weighted by Gasteiger charge is 2.36. The Balaban J connectivity index is 1.85. The van der Waals surface area contributed by atoms with Gasteiger partial charge in [-0.15, -0.1) is 0 Å². The number of carboxylic acid groups (broad SMARTS) is 1. The van der Waals surface area contributed by atoms with Crippen molar-refractivity contribution in [2.24, 2.45) is 11.1 Å². The van der Waals surface area contributed by atoms with Crippen LogP contribution < -0.4 is 0 Å². The van der Waals surface area contributed by atoms with Gasteiger partial charge in [-0.25, -0.2) is 4.79 Å². The van der Waals surface area contributed by atoms with E-state index in [4.69, 9.17) is 15.1 Å². The molecule has 0 radical (unpaired) electrons. The Morgan fingerprint density at radius 2 is 2.28 bits per heavy atom. The van der Waals surface area contributed by atoms with Crippen molar-refractivity contribution in [1.29, 1.82) is 0 Å². The van der Waals surface area contributed by atoms with Gasteiger partial charge in [-0.1, -0.05) is 5.16 Å². The van der Waals surface area contributed by atoms with Crippen LogP contribution in [0.5, 0.6) is 0 Å². The number of hydrogen-bond acceptors (Lipinski definition) is 5. The van der Waals surface area contributed by atoms with Crippen LogP contribution in [0.15, 0.2) is 5.16 Å². The normalized spacial score (nSPS) is 26.9. The number of carbonyl (C=O) groups excluding carboxylic acids is 1. The lowest BCUT2D eigenvalue weighted by Crippen LogP contribution is -2.38. The number of oxime groups is 1. The van der Waals surface area contributed by atoms with Gasteiger partial charge in [0, 0.05) is 26.1 Å². The van der Waals surface area contributed by atoms with E-state index in [1.807, 2.05) is 0 Å². The summed E-state index contributed by atoms with van der Waals surface area (Å²) >= 11 is 0. The average molecular weight is 256 g/mol. The second-order valence-corrected chi connectivity index (χ2v) is 4.59. The second kappa shape index (κ2) is 5.34. The average Bonchev–Trinajstić information content (AvgIpc) is 2.97. The Labute approximate surface area is 104 Å². The van der Waals surface area contributed by atoms with E-state index in [0.717, 1.165) is 6.42 Å². The van der Waals surface area contributed by atoms with Gasteiger partial charge in [-0.2, -0.15) is 0 Å². The van der Waals surface area contributed by atoms with Gasteiger partial charge in [-0.3, -0.25) is 4.79 Å². The number of amides is 1. The van der Waals surface area contributed by atoms with Crippen LogP contribution in [0, 0.1) is 5.92 Å². The van der Waals surface area contributed by atoms with Gasteiger partial charge < -0.3 is 20.0 Å². The van der Waals surface area contributed by atoms with Crippen molar-refractivity contribution >= 4 is 17.6 Å². The highest BCUT2D eigenvalue weighted by atomic mass is 16.6. The summed E-state index contributed by atoms with van der Waals surface area (Å²) in [6.45, 7) is 1.35. The highest BCUT2D eigenvalue weighted by molar-refractivity contribution is 6.36. The molecule has 2 N–H and O–H groups in total. The zero-order valence-electron chi connectivity index (χ0n) is 9.91. The van der Waals surface area contributed by atoms with Crippen LogP contribution in [0.3, 0.4) is 0 Å². The van der Waals surface area contributed by atoms with Crippen LogP contribution in [-0.4, -0.2) is 58.5 Å². The molecule has 2 aliphatic rings. The molecule has 1 fully saturated rings. The molecule has 2 atom stereocenters. The third-order valence-corrected chi connectivity index (χ3v) is 3.33. The van der Waals surface area contributed by atoms with Crippen LogP contribution in [0.1, 0.15) is 19.3 Å². The van der Waals surface area contributed by atoms with Gasteiger partial charge in [0.05, 0.1) is 0 Å². The smallest absolute Gasteiger partial charge is 0.353 e. The minimum atomic E-state index is -1.15. The van der Waals surface area contributed by atoms with Gasteiger partial charge in [0.15, 0.2) is 5.71 Å². The Hall–Kier alpha value is -1.63. The number of hydrogen-bond donors (Lipinski definition) is 2. The number of aliphatic hydroxyl groups is 1. The molecule has 7 heteroatoms. The van der Waals surface area contributed by atoms with E-state index >= 15 is 0 Å². The van der Waals surface area contributed by atoms with Crippen molar-refractivity contribution in [1.82, 2.24) is 4.90 Å². The van der Waals surface area contributed by atoms with E-state index in [2.05, 4.69) is 5.16 Å². The maximum absolute atomic E-state index is 12.0. The predicted octanol–water partition coefficient (Wildman–Crippen LogP) is -0.553. The zero-order chi connectivity index (χ0) is 13.1. The molecule has 0 spiro atoms. The number of carboxylic acids is 1. The maximum Gasteiger partial charge on any atom is 0.353 e. The number of carbonyl (C=O) groups is 2. The van der Waals surface area contributed by atoms with Gasteiger partial charge in [0.25, 0.3) is 5.91 Å². The summed E-state index contributed by atoms with van der Waals surface area (Å²) in [6.07, 6.45) is 0.775. The first kappa shape index (κ1) is 12.8. The van der Waals surface area contributed by atoms with E-state index in [1.165, 1.54) is 0 Å². The van der Waals surface area contributed by atoms with Crippen LogP contribution >= 0.6 is 0 Å². The Kier molecular flexibility index (Phi) is 3.81. The first-order valence-electron chi connectivity index (χ1n) is 5.97. The molecule has 0 bridgehead atoms. The van der Waals surface area contributed by atoms with E-state index in [0.29, 0.717) is 25.4 Å². The summed E-state index contributed by atoms with van der Waals surface area (Å²) in [5, 5.41) is 21.0. The monoisotopic (exact) mass is 256 g/mol. The first-order valence-corrected chi connectivity index (χ1v) is 5.97. The van der Waals surface area contributed by atoms with E-state index in [1.54, 1.807) is 4.90 Å². The summed E-state index contributed by atoms with van der Waals surface area (Å²) in [4.78, 5) is 29.2. The van der Waals surface area contributed by atoms with Crippen molar-refractivity contribution in [2.45, 2.75) is 25.4 Å². The molecule has 1 amide bonds. The molecule has 0 aromatic heterocycles. The lowest BCUT2D eigenvalue weighted by molar-refractivity contribution is -0.141. The topological polar surface area (TPSA) is 99.4 Å². The molecule has 2 aliphatic heterocycles. The Morgan fingerprint density at radius 1 is 1.50 bits per heavy atom. The molecule has 1 saturated heterocycles. The standard InChI is InChI=1S/C11H16N2O5/c14-4-2-7-1-3-13(6-7)10(15)9-5-8(11(16)17)12-18-9/h7,9,14H,1-6H2,(H,16,17). The SMILES string of the molecule is O=C(O)C1=NOC(C(=O)N2CCC(CCO)C2)C1.